The van der Waals surface area contributed by atoms with Crippen LogP contribution in [0.1, 0.15) is 15.9 Å². The van der Waals surface area contributed by atoms with Crippen LogP contribution < -0.4 is 25.0 Å². The van der Waals surface area contributed by atoms with E-state index in [1.54, 1.807) is 48.5 Å². The normalized spacial score (nSPS) is 13.2. The highest BCUT2D eigenvalue weighted by atomic mass is 35.5. The van der Waals surface area contributed by atoms with E-state index >= 15 is 0 Å². The number of halogens is 2. The fourth-order valence-electron chi connectivity index (χ4n) is 3.56. The van der Waals surface area contributed by atoms with Gasteiger partial charge in [-0.2, -0.15) is 0 Å². The van der Waals surface area contributed by atoms with E-state index < -0.39 is 11.8 Å². The monoisotopic (exact) mass is 525 g/mol. The summed E-state index contributed by atoms with van der Waals surface area (Å²) in [7, 11) is 2.91. The Hall–Kier alpha value is -4.01. The van der Waals surface area contributed by atoms with Crippen LogP contribution in [0.5, 0.6) is 11.5 Å². The van der Waals surface area contributed by atoms with Gasteiger partial charge < -0.3 is 20.1 Å². The van der Waals surface area contributed by atoms with Crippen molar-refractivity contribution < 1.29 is 23.9 Å². The number of amides is 3. The second kappa shape index (κ2) is 10.3. The predicted molar refractivity (Wildman–Crippen MR) is 139 cm³/mol. The Kier molecular flexibility index (Phi) is 7.19. The van der Waals surface area contributed by atoms with Gasteiger partial charge >= 0.3 is 0 Å². The summed E-state index contributed by atoms with van der Waals surface area (Å²) in [6.45, 7) is 1.86. The molecular weight excluding hydrogens is 505 g/mol. The molecule has 0 aliphatic carbocycles. The van der Waals surface area contributed by atoms with Crippen molar-refractivity contribution in [3.63, 3.8) is 0 Å². The highest BCUT2D eigenvalue weighted by Gasteiger charge is 2.40. The van der Waals surface area contributed by atoms with Crippen LogP contribution in [0.4, 0.5) is 17.1 Å². The second-order valence-electron chi connectivity index (χ2n) is 7.80. The van der Waals surface area contributed by atoms with Gasteiger partial charge in [-0.25, -0.2) is 4.90 Å². The van der Waals surface area contributed by atoms with Gasteiger partial charge in [0.15, 0.2) is 0 Å². The number of carbonyl (C=O) groups is 3. The molecule has 0 radical (unpaired) electrons. The molecule has 10 heteroatoms. The molecule has 0 fully saturated rings. The molecule has 1 heterocycles. The minimum Gasteiger partial charge on any atom is -0.497 e. The van der Waals surface area contributed by atoms with Crippen LogP contribution in [0.3, 0.4) is 0 Å². The summed E-state index contributed by atoms with van der Waals surface area (Å²) in [5.74, 6) is -1.00. The van der Waals surface area contributed by atoms with E-state index in [4.69, 9.17) is 32.7 Å². The molecule has 0 atom stereocenters. The van der Waals surface area contributed by atoms with E-state index in [1.165, 1.54) is 26.4 Å². The SMILES string of the molecule is COc1ccc(N2C(=O)C(Cl)=C(Nc3cccc(C(=O)Nc4ccc(C)c(Cl)c4)c3)C2=O)c(OC)c1. The van der Waals surface area contributed by atoms with Crippen molar-refractivity contribution in [1.29, 1.82) is 0 Å². The number of rotatable bonds is 7. The topological polar surface area (TPSA) is 97.0 Å². The molecule has 0 bridgehead atoms. The highest BCUT2D eigenvalue weighted by Crippen LogP contribution is 2.37. The Morgan fingerprint density at radius 3 is 2.36 bits per heavy atom. The van der Waals surface area contributed by atoms with Crippen LogP contribution in [-0.2, 0) is 9.59 Å². The number of hydrogen-bond acceptors (Lipinski definition) is 6. The first kappa shape index (κ1) is 25.1. The fourth-order valence-corrected chi connectivity index (χ4v) is 3.95. The number of benzene rings is 3. The summed E-state index contributed by atoms with van der Waals surface area (Å²) in [5.41, 5.74) is 2.24. The number of ether oxygens (including phenoxy) is 2. The molecule has 0 spiro atoms. The van der Waals surface area contributed by atoms with Crippen molar-refractivity contribution in [2.75, 3.05) is 29.8 Å². The van der Waals surface area contributed by atoms with Crippen LogP contribution in [0.15, 0.2) is 71.4 Å². The van der Waals surface area contributed by atoms with Gasteiger partial charge in [0.2, 0.25) is 0 Å². The summed E-state index contributed by atoms with van der Waals surface area (Å²) in [6.07, 6.45) is 0. The lowest BCUT2D eigenvalue weighted by Gasteiger charge is -2.18. The van der Waals surface area contributed by atoms with Gasteiger partial charge in [-0.05, 0) is 55.0 Å². The lowest BCUT2D eigenvalue weighted by atomic mass is 10.1. The molecule has 36 heavy (non-hydrogen) atoms. The first-order chi connectivity index (χ1) is 17.2. The zero-order valence-corrected chi connectivity index (χ0v) is 21.0. The summed E-state index contributed by atoms with van der Waals surface area (Å²) in [4.78, 5) is 39.8. The number of imide groups is 1. The Balaban J connectivity index is 1.56. The molecule has 0 unspecified atom stereocenters. The van der Waals surface area contributed by atoms with Gasteiger partial charge in [0, 0.05) is 28.0 Å². The van der Waals surface area contributed by atoms with E-state index in [1.807, 2.05) is 6.92 Å². The molecule has 1 aliphatic rings. The van der Waals surface area contributed by atoms with E-state index in [0.29, 0.717) is 27.7 Å². The molecule has 1 aliphatic heterocycles. The molecule has 0 saturated heterocycles. The molecule has 184 valence electrons. The van der Waals surface area contributed by atoms with Crippen molar-refractivity contribution in [2.45, 2.75) is 6.92 Å². The Bertz CT molecular complexity index is 1420. The Labute approximate surface area is 217 Å². The van der Waals surface area contributed by atoms with Crippen LogP contribution >= 0.6 is 23.2 Å². The number of aryl methyl sites for hydroxylation is 1. The van der Waals surface area contributed by atoms with Crippen molar-refractivity contribution in [3.05, 3.63) is 87.5 Å². The zero-order chi connectivity index (χ0) is 26.0. The van der Waals surface area contributed by atoms with Gasteiger partial charge in [-0.3, -0.25) is 14.4 Å². The molecule has 2 N–H and O–H groups in total. The molecular formula is C26H21Cl2N3O5. The first-order valence-corrected chi connectivity index (χ1v) is 11.4. The molecule has 0 aromatic heterocycles. The van der Waals surface area contributed by atoms with Crippen molar-refractivity contribution in [3.8, 4) is 11.5 Å². The Morgan fingerprint density at radius 2 is 1.67 bits per heavy atom. The van der Waals surface area contributed by atoms with E-state index in [0.717, 1.165) is 10.5 Å². The number of carbonyl (C=O) groups excluding carboxylic acids is 3. The first-order valence-electron chi connectivity index (χ1n) is 10.7. The lowest BCUT2D eigenvalue weighted by molar-refractivity contribution is -0.120. The molecule has 3 aromatic carbocycles. The predicted octanol–water partition coefficient (Wildman–Crippen LogP) is 5.35. The average Bonchev–Trinajstić information content (AvgIpc) is 3.08. The average molecular weight is 526 g/mol. The standard InChI is InChI=1S/C26H21Cl2N3O5/c1-14-7-8-17(12-19(14)27)30-24(32)15-5-4-6-16(11-15)29-23-22(28)25(33)31(26(23)34)20-10-9-18(35-2)13-21(20)36-3/h4-13,29H,1-3H3,(H,30,32). The molecule has 3 amide bonds. The van der Waals surface area contributed by atoms with Crippen LogP contribution in [-0.4, -0.2) is 31.9 Å². The molecule has 8 nitrogen and oxygen atoms in total. The number of anilines is 3. The van der Waals surface area contributed by atoms with Gasteiger partial charge in [0.25, 0.3) is 17.7 Å². The molecule has 0 saturated carbocycles. The number of nitrogens with zero attached hydrogens (tertiary/aromatic N) is 1. The van der Waals surface area contributed by atoms with Crippen LogP contribution in [0, 0.1) is 6.92 Å². The zero-order valence-electron chi connectivity index (χ0n) is 19.5. The van der Waals surface area contributed by atoms with Crippen molar-refractivity contribution >= 4 is 58.0 Å². The van der Waals surface area contributed by atoms with Gasteiger partial charge in [0.1, 0.15) is 22.2 Å². The fraction of sp³-hybridized carbons (Fsp3) is 0.115. The quantitative estimate of drug-likeness (QED) is 0.403. The summed E-state index contributed by atoms with van der Waals surface area (Å²) in [5, 5.41) is 5.90. The smallest absolute Gasteiger partial charge is 0.283 e. The summed E-state index contributed by atoms with van der Waals surface area (Å²) in [6, 6.07) is 16.3. The highest BCUT2D eigenvalue weighted by molar-refractivity contribution is 6.53. The van der Waals surface area contributed by atoms with Crippen molar-refractivity contribution in [1.82, 2.24) is 0 Å². The largest absolute Gasteiger partial charge is 0.497 e. The van der Waals surface area contributed by atoms with Crippen LogP contribution in [0.2, 0.25) is 5.02 Å². The number of methoxy groups -OCH3 is 2. The molecule has 3 aromatic rings. The van der Waals surface area contributed by atoms with Gasteiger partial charge in [-0.15, -0.1) is 0 Å². The summed E-state index contributed by atoms with van der Waals surface area (Å²) >= 11 is 12.4. The summed E-state index contributed by atoms with van der Waals surface area (Å²) < 4.78 is 10.5. The number of hydrogen-bond donors (Lipinski definition) is 2. The second-order valence-corrected chi connectivity index (χ2v) is 8.58. The van der Waals surface area contributed by atoms with E-state index in [-0.39, 0.29) is 28.1 Å². The lowest BCUT2D eigenvalue weighted by Crippen LogP contribution is -2.32. The third-order valence-electron chi connectivity index (χ3n) is 5.48. The van der Waals surface area contributed by atoms with E-state index in [9.17, 15) is 14.4 Å². The maximum absolute atomic E-state index is 13.2. The minimum absolute atomic E-state index is 0.123. The third-order valence-corrected chi connectivity index (χ3v) is 6.24. The minimum atomic E-state index is -0.710. The Morgan fingerprint density at radius 1 is 0.889 bits per heavy atom. The van der Waals surface area contributed by atoms with Gasteiger partial charge in [0.05, 0.1) is 19.9 Å². The van der Waals surface area contributed by atoms with Crippen molar-refractivity contribution in [2.24, 2.45) is 0 Å². The number of nitrogens with one attached hydrogen (secondary N) is 2. The van der Waals surface area contributed by atoms with Crippen LogP contribution in [0.25, 0.3) is 0 Å². The third kappa shape index (κ3) is 4.86. The molecule has 4 rings (SSSR count). The van der Waals surface area contributed by atoms with E-state index in [2.05, 4.69) is 10.6 Å². The maximum atomic E-state index is 13.2. The maximum Gasteiger partial charge on any atom is 0.283 e. The van der Waals surface area contributed by atoms with Gasteiger partial charge in [-0.1, -0.05) is 35.3 Å².